The molecular formula is C13H13FN6OS. The predicted molar refractivity (Wildman–Crippen MR) is 78.9 cm³/mol. The molecule has 1 aromatic carbocycles. The van der Waals surface area contributed by atoms with Gasteiger partial charge in [0.15, 0.2) is 0 Å². The molecule has 0 bridgehead atoms. The first-order valence-corrected chi connectivity index (χ1v) is 7.35. The fourth-order valence-electron chi connectivity index (χ4n) is 1.75. The van der Waals surface area contributed by atoms with Crippen LogP contribution in [0.25, 0.3) is 11.5 Å². The van der Waals surface area contributed by atoms with Gasteiger partial charge in [-0.2, -0.15) is 0 Å². The molecule has 0 aliphatic carbocycles. The Bertz CT molecular complexity index is 784. The fourth-order valence-corrected chi connectivity index (χ4v) is 2.59. The average Bonchev–Trinajstić information content (AvgIpc) is 3.11. The van der Waals surface area contributed by atoms with Gasteiger partial charge in [-0.1, -0.05) is 11.8 Å². The molecule has 0 amide bonds. The van der Waals surface area contributed by atoms with E-state index in [1.807, 2.05) is 6.92 Å². The van der Waals surface area contributed by atoms with Crippen molar-refractivity contribution in [2.45, 2.75) is 24.3 Å². The van der Waals surface area contributed by atoms with Gasteiger partial charge in [0, 0.05) is 5.56 Å². The minimum atomic E-state index is -0.315. The summed E-state index contributed by atoms with van der Waals surface area (Å²) in [6.07, 6.45) is 0. The van der Waals surface area contributed by atoms with Crippen molar-refractivity contribution in [2.24, 2.45) is 0 Å². The molecule has 0 saturated carbocycles. The number of nitrogen functional groups attached to an aromatic ring is 1. The molecule has 0 aliphatic heterocycles. The molecule has 0 fully saturated rings. The minimum Gasteiger partial charge on any atom is -0.419 e. The third-order valence-corrected chi connectivity index (χ3v) is 4.04. The molecule has 1 atom stereocenters. The number of nitrogens with zero attached hydrogens (tertiary/aromatic N) is 5. The second kappa shape index (κ2) is 5.76. The number of hydrogen-bond donors (Lipinski definition) is 1. The molecule has 0 saturated heterocycles. The number of nitrogens with two attached hydrogens (primary N) is 1. The van der Waals surface area contributed by atoms with Gasteiger partial charge in [-0.25, -0.2) is 9.07 Å². The zero-order valence-electron chi connectivity index (χ0n) is 11.9. The Labute approximate surface area is 129 Å². The van der Waals surface area contributed by atoms with Gasteiger partial charge in [0.2, 0.25) is 16.9 Å². The van der Waals surface area contributed by atoms with E-state index in [4.69, 9.17) is 10.3 Å². The third-order valence-electron chi connectivity index (χ3n) is 3.00. The van der Waals surface area contributed by atoms with Crippen LogP contribution >= 0.6 is 11.8 Å². The first-order valence-electron chi connectivity index (χ1n) is 6.47. The molecule has 2 heterocycles. The van der Waals surface area contributed by atoms with Crippen LogP contribution in [0.2, 0.25) is 0 Å². The van der Waals surface area contributed by atoms with Crippen LogP contribution < -0.4 is 5.84 Å². The van der Waals surface area contributed by atoms with Crippen LogP contribution in [0.3, 0.4) is 0 Å². The number of aromatic nitrogens is 5. The van der Waals surface area contributed by atoms with E-state index in [1.54, 1.807) is 19.1 Å². The van der Waals surface area contributed by atoms with Crippen LogP contribution in [-0.2, 0) is 0 Å². The van der Waals surface area contributed by atoms with Crippen molar-refractivity contribution in [3.05, 3.63) is 41.8 Å². The SMILES string of the molecule is Cc1nnc(S[C@H](C)c2nnc(-c3ccc(F)cc3)o2)n1N. The molecule has 2 N–H and O–H groups in total. The van der Waals surface area contributed by atoms with E-state index in [2.05, 4.69) is 20.4 Å². The van der Waals surface area contributed by atoms with E-state index in [1.165, 1.54) is 28.6 Å². The van der Waals surface area contributed by atoms with E-state index in [0.29, 0.717) is 28.3 Å². The average molecular weight is 320 g/mol. The highest BCUT2D eigenvalue weighted by Gasteiger charge is 2.19. The Kier molecular flexibility index (Phi) is 3.80. The number of aryl methyl sites for hydroxylation is 1. The summed E-state index contributed by atoms with van der Waals surface area (Å²) in [5.41, 5.74) is 0.662. The lowest BCUT2D eigenvalue weighted by molar-refractivity contribution is 0.508. The van der Waals surface area contributed by atoms with Crippen LogP contribution in [-0.4, -0.2) is 25.1 Å². The topological polar surface area (TPSA) is 95.6 Å². The molecule has 114 valence electrons. The Morgan fingerprint density at radius 1 is 1.18 bits per heavy atom. The van der Waals surface area contributed by atoms with E-state index < -0.39 is 0 Å². The van der Waals surface area contributed by atoms with E-state index in [-0.39, 0.29) is 11.1 Å². The van der Waals surface area contributed by atoms with Crippen molar-refractivity contribution in [2.75, 3.05) is 5.84 Å². The van der Waals surface area contributed by atoms with E-state index >= 15 is 0 Å². The second-order valence-electron chi connectivity index (χ2n) is 4.61. The van der Waals surface area contributed by atoms with Crippen molar-refractivity contribution < 1.29 is 8.81 Å². The van der Waals surface area contributed by atoms with Crippen molar-refractivity contribution in [1.29, 1.82) is 0 Å². The smallest absolute Gasteiger partial charge is 0.247 e. The molecule has 9 heteroatoms. The van der Waals surface area contributed by atoms with Crippen LogP contribution in [0.1, 0.15) is 23.9 Å². The Balaban J connectivity index is 1.78. The van der Waals surface area contributed by atoms with Gasteiger partial charge in [-0.15, -0.1) is 20.4 Å². The van der Waals surface area contributed by atoms with Crippen molar-refractivity contribution in [3.63, 3.8) is 0 Å². The van der Waals surface area contributed by atoms with Gasteiger partial charge in [0.1, 0.15) is 11.6 Å². The van der Waals surface area contributed by atoms with E-state index in [0.717, 1.165) is 0 Å². The quantitative estimate of drug-likeness (QED) is 0.582. The Hall–Kier alpha value is -2.42. The lowest BCUT2D eigenvalue weighted by Gasteiger charge is -2.05. The van der Waals surface area contributed by atoms with Gasteiger partial charge >= 0.3 is 0 Å². The highest BCUT2D eigenvalue weighted by atomic mass is 32.2. The second-order valence-corrected chi connectivity index (χ2v) is 5.92. The predicted octanol–water partition coefficient (Wildman–Crippen LogP) is 2.34. The summed E-state index contributed by atoms with van der Waals surface area (Å²) in [4.78, 5) is 0. The van der Waals surface area contributed by atoms with Crippen LogP contribution in [0.4, 0.5) is 4.39 Å². The summed E-state index contributed by atoms with van der Waals surface area (Å²) in [6.45, 7) is 3.66. The lowest BCUT2D eigenvalue weighted by atomic mass is 10.2. The number of benzene rings is 1. The van der Waals surface area contributed by atoms with Gasteiger partial charge in [-0.3, -0.25) is 0 Å². The number of rotatable bonds is 4. The number of halogens is 1. The molecular weight excluding hydrogens is 307 g/mol. The maximum atomic E-state index is 12.9. The molecule has 0 radical (unpaired) electrons. The Morgan fingerprint density at radius 3 is 2.55 bits per heavy atom. The largest absolute Gasteiger partial charge is 0.419 e. The van der Waals surface area contributed by atoms with Crippen LogP contribution in [0.5, 0.6) is 0 Å². The lowest BCUT2D eigenvalue weighted by Crippen LogP contribution is -2.11. The Morgan fingerprint density at radius 2 is 1.91 bits per heavy atom. The number of thioether (sulfide) groups is 1. The highest BCUT2D eigenvalue weighted by molar-refractivity contribution is 7.99. The van der Waals surface area contributed by atoms with E-state index in [9.17, 15) is 4.39 Å². The zero-order valence-corrected chi connectivity index (χ0v) is 12.7. The molecule has 7 nitrogen and oxygen atoms in total. The van der Waals surface area contributed by atoms with Crippen molar-refractivity contribution in [3.8, 4) is 11.5 Å². The zero-order chi connectivity index (χ0) is 15.7. The summed E-state index contributed by atoms with van der Waals surface area (Å²) in [5.74, 6) is 6.89. The summed E-state index contributed by atoms with van der Waals surface area (Å²) < 4.78 is 19.9. The molecule has 0 aliphatic rings. The normalized spacial score (nSPS) is 12.5. The summed E-state index contributed by atoms with van der Waals surface area (Å²) in [7, 11) is 0. The molecule has 0 unspecified atom stereocenters. The molecule has 3 rings (SSSR count). The first kappa shape index (κ1) is 14.5. The minimum absolute atomic E-state index is 0.146. The van der Waals surface area contributed by atoms with Crippen LogP contribution in [0.15, 0.2) is 33.8 Å². The van der Waals surface area contributed by atoms with Gasteiger partial charge in [0.25, 0.3) is 0 Å². The molecule has 3 aromatic rings. The first-order chi connectivity index (χ1) is 10.5. The monoisotopic (exact) mass is 320 g/mol. The number of hydrogen-bond acceptors (Lipinski definition) is 7. The summed E-state index contributed by atoms with van der Waals surface area (Å²) in [6, 6.07) is 5.86. The fraction of sp³-hybridized carbons (Fsp3) is 0.231. The summed E-state index contributed by atoms with van der Waals surface area (Å²) >= 11 is 1.36. The molecule has 0 spiro atoms. The highest BCUT2D eigenvalue weighted by Crippen LogP contribution is 2.33. The third kappa shape index (κ3) is 2.80. The van der Waals surface area contributed by atoms with Crippen molar-refractivity contribution >= 4 is 11.8 Å². The van der Waals surface area contributed by atoms with Gasteiger partial charge in [0.05, 0.1) is 5.25 Å². The molecule has 2 aromatic heterocycles. The maximum absolute atomic E-state index is 12.9. The molecule has 22 heavy (non-hydrogen) atoms. The van der Waals surface area contributed by atoms with Gasteiger partial charge in [-0.05, 0) is 38.1 Å². The maximum Gasteiger partial charge on any atom is 0.247 e. The summed E-state index contributed by atoms with van der Waals surface area (Å²) in [5, 5.41) is 16.3. The van der Waals surface area contributed by atoms with Gasteiger partial charge < -0.3 is 10.3 Å². The standard InChI is InChI=1S/C13H13FN6OS/c1-7(22-13-19-16-8(2)20(13)15)11-17-18-12(21-11)9-3-5-10(14)6-4-9/h3-7H,15H2,1-2H3/t7-/m1/s1. The van der Waals surface area contributed by atoms with Crippen LogP contribution in [0, 0.1) is 12.7 Å². The van der Waals surface area contributed by atoms with Crippen molar-refractivity contribution in [1.82, 2.24) is 25.1 Å².